The highest BCUT2D eigenvalue weighted by Gasteiger charge is 2.13. The highest BCUT2D eigenvalue weighted by Crippen LogP contribution is 2.18. The summed E-state index contributed by atoms with van der Waals surface area (Å²) < 4.78 is 0. The maximum atomic E-state index is 9.53. The van der Waals surface area contributed by atoms with E-state index < -0.39 is 0 Å². The molecule has 0 aliphatic carbocycles. The van der Waals surface area contributed by atoms with Crippen LogP contribution < -0.4 is 5.32 Å². The Bertz CT molecular complexity index is 528. The number of hydrogen-bond donors (Lipinski definition) is 3. The average molecular weight is 271 g/mol. The number of aromatic hydroxyl groups is 1. The molecule has 3 nitrogen and oxygen atoms in total. The third kappa shape index (κ3) is 4.08. The second-order valence-electron chi connectivity index (χ2n) is 5.05. The minimum absolute atomic E-state index is 0.00486. The van der Waals surface area contributed by atoms with Gasteiger partial charge in [-0.05, 0) is 36.6 Å². The molecule has 0 spiro atoms. The van der Waals surface area contributed by atoms with Gasteiger partial charge in [0, 0.05) is 12.1 Å². The molecule has 0 saturated heterocycles. The fourth-order valence-electron chi connectivity index (χ4n) is 2.32. The first kappa shape index (κ1) is 14.6. The van der Waals surface area contributed by atoms with Gasteiger partial charge in [-0.25, -0.2) is 0 Å². The second kappa shape index (κ2) is 7.08. The Morgan fingerprint density at radius 2 is 1.80 bits per heavy atom. The highest BCUT2D eigenvalue weighted by molar-refractivity contribution is 5.29. The zero-order chi connectivity index (χ0) is 14.4. The fraction of sp³-hybridized carbons (Fsp3) is 0.294. The van der Waals surface area contributed by atoms with Crippen molar-refractivity contribution in [3.05, 3.63) is 65.7 Å². The van der Waals surface area contributed by atoms with Crippen LogP contribution in [0.25, 0.3) is 0 Å². The van der Waals surface area contributed by atoms with Gasteiger partial charge in [-0.3, -0.25) is 0 Å². The van der Waals surface area contributed by atoms with Crippen LogP contribution in [0.2, 0.25) is 0 Å². The van der Waals surface area contributed by atoms with Gasteiger partial charge in [0.15, 0.2) is 0 Å². The van der Waals surface area contributed by atoms with Gasteiger partial charge in [-0.2, -0.15) is 0 Å². The van der Waals surface area contributed by atoms with Gasteiger partial charge in [-0.15, -0.1) is 0 Å². The SMILES string of the molecule is CC(NC(CO)Cc1ccccc1)c1cccc(O)c1. The van der Waals surface area contributed by atoms with Crippen molar-refractivity contribution in [3.63, 3.8) is 0 Å². The number of hydrogen-bond acceptors (Lipinski definition) is 3. The largest absolute Gasteiger partial charge is 0.508 e. The van der Waals surface area contributed by atoms with E-state index in [9.17, 15) is 10.2 Å². The minimum atomic E-state index is -0.00486. The molecule has 2 aromatic carbocycles. The summed E-state index contributed by atoms with van der Waals surface area (Å²) in [4.78, 5) is 0. The monoisotopic (exact) mass is 271 g/mol. The van der Waals surface area contributed by atoms with Gasteiger partial charge in [0.1, 0.15) is 5.75 Å². The van der Waals surface area contributed by atoms with Crippen LogP contribution in [0.1, 0.15) is 24.1 Å². The van der Waals surface area contributed by atoms with E-state index in [4.69, 9.17) is 0 Å². The molecule has 106 valence electrons. The fourth-order valence-corrected chi connectivity index (χ4v) is 2.32. The van der Waals surface area contributed by atoms with E-state index in [0.717, 1.165) is 12.0 Å². The van der Waals surface area contributed by atoms with Crippen LogP contribution in [0.3, 0.4) is 0 Å². The van der Waals surface area contributed by atoms with Gasteiger partial charge >= 0.3 is 0 Å². The molecule has 2 rings (SSSR count). The summed E-state index contributed by atoms with van der Waals surface area (Å²) in [5.41, 5.74) is 2.21. The maximum absolute atomic E-state index is 9.53. The number of phenolic OH excluding ortho intramolecular Hbond substituents is 1. The first-order valence-corrected chi connectivity index (χ1v) is 6.89. The topological polar surface area (TPSA) is 52.5 Å². The predicted octanol–water partition coefficient (Wildman–Crippen LogP) is 2.65. The van der Waals surface area contributed by atoms with Crippen LogP contribution in [0.4, 0.5) is 0 Å². The molecular formula is C17H21NO2. The van der Waals surface area contributed by atoms with Crippen LogP contribution in [0.5, 0.6) is 5.75 Å². The number of nitrogens with one attached hydrogen (secondary N) is 1. The smallest absolute Gasteiger partial charge is 0.115 e. The molecule has 0 fully saturated rings. The lowest BCUT2D eigenvalue weighted by Gasteiger charge is -2.22. The first-order chi connectivity index (χ1) is 9.69. The summed E-state index contributed by atoms with van der Waals surface area (Å²) in [6.45, 7) is 2.11. The van der Waals surface area contributed by atoms with Crippen molar-refractivity contribution in [3.8, 4) is 5.75 Å². The second-order valence-corrected chi connectivity index (χ2v) is 5.05. The van der Waals surface area contributed by atoms with E-state index in [1.54, 1.807) is 12.1 Å². The van der Waals surface area contributed by atoms with Crippen LogP contribution >= 0.6 is 0 Å². The number of phenols is 1. The third-order valence-electron chi connectivity index (χ3n) is 3.40. The van der Waals surface area contributed by atoms with E-state index >= 15 is 0 Å². The average Bonchev–Trinajstić information content (AvgIpc) is 2.47. The molecule has 0 heterocycles. The molecule has 0 bridgehead atoms. The summed E-state index contributed by atoms with van der Waals surface area (Å²) in [6, 6.07) is 17.4. The third-order valence-corrected chi connectivity index (χ3v) is 3.40. The number of benzene rings is 2. The molecular weight excluding hydrogens is 250 g/mol. The molecule has 2 aromatic rings. The minimum Gasteiger partial charge on any atom is -0.508 e. The van der Waals surface area contributed by atoms with Crippen molar-refractivity contribution in [1.82, 2.24) is 5.32 Å². The molecule has 0 aromatic heterocycles. The normalized spacial score (nSPS) is 13.9. The van der Waals surface area contributed by atoms with Crippen LogP contribution in [0, 0.1) is 0 Å². The first-order valence-electron chi connectivity index (χ1n) is 6.89. The van der Waals surface area contributed by atoms with Crippen molar-refractivity contribution >= 4 is 0 Å². The summed E-state index contributed by atoms with van der Waals surface area (Å²) in [6.07, 6.45) is 0.778. The molecule has 0 aliphatic rings. The lowest BCUT2D eigenvalue weighted by molar-refractivity contribution is 0.232. The van der Waals surface area contributed by atoms with Crippen LogP contribution in [-0.4, -0.2) is 22.9 Å². The van der Waals surface area contributed by atoms with Gasteiger partial charge in [0.05, 0.1) is 6.61 Å². The Balaban J connectivity index is 1.99. The Morgan fingerprint density at radius 3 is 2.45 bits per heavy atom. The zero-order valence-electron chi connectivity index (χ0n) is 11.7. The summed E-state index contributed by atoms with van der Waals surface area (Å²) in [5.74, 6) is 0.264. The Labute approximate surface area is 119 Å². The molecule has 3 heteroatoms. The van der Waals surface area contributed by atoms with Crippen LogP contribution in [0.15, 0.2) is 54.6 Å². The molecule has 3 N–H and O–H groups in total. The van der Waals surface area contributed by atoms with Crippen molar-refractivity contribution in [2.75, 3.05) is 6.61 Å². The highest BCUT2D eigenvalue weighted by atomic mass is 16.3. The van der Waals surface area contributed by atoms with Crippen molar-refractivity contribution in [2.24, 2.45) is 0 Å². The summed E-state index contributed by atoms with van der Waals surface area (Å²) in [7, 11) is 0. The van der Waals surface area contributed by atoms with Crippen molar-refractivity contribution < 1.29 is 10.2 Å². The Kier molecular flexibility index (Phi) is 5.16. The van der Waals surface area contributed by atoms with Gasteiger partial charge in [-0.1, -0.05) is 42.5 Å². The molecule has 0 amide bonds. The van der Waals surface area contributed by atoms with E-state index in [0.29, 0.717) is 0 Å². The molecule has 2 atom stereocenters. The lowest BCUT2D eigenvalue weighted by atomic mass is 10.0. The lowest BCUT2D eigenvalue weighted by Crippen LogP contribution is -2.36. The quantitative estimate of drug-likeness (QED) is 0.757. The summed E-state index contributed by atoms with van der Waals surface area (Å²) >= 11 is 0. The number of aliphatic hydroxyl groups is 1. The van der Waals surface area contributed by atoms with Gasteiger partial charge in [0.25, 0.3) is 0 Å². The van der Waals surface area contributed by atoms with E-state index in [1.165, 1.54) is 5.56 Å². The zero-order valence-corrected chi connectivity index (χ0v) is 11.7. The van der Waals surface area contributed by atoms with Crippen LogP contribution in [-0.2, 0) is 6.42 Å². The Morgan fingerprint density at radius 1 is 1.05 bits per heavy atom. The molecule has 20 heavy (non-hydrogen) atoms. The van der Waals surface area contributed by atoms with Crippen molar-refractivity contribution in [2.45, 2.75) is 25.4 Å². The number of rotatable bonds is 6. The number of aliphatic hydroxyl groups excluding tert-OH is 1. The van der Waals surface area contributed by atoms with E-state index in [2.05, 4.69) is 17.4 Å². The molecule has 2 unspecified atom stereocenters. The molecule has 0 saturated carbocycles. The van der Waals surface area contributed by atoms with Crippen molar-refractivity contribution in [1.29, 1.82) is 0 Å². The van der Waals surface area contributed by atoms with E-state index in [1.807, 2.05) is 37.3 Å². The Hall–Kier alpha value is -1.84. The van der Waals surface area contributed by atoms with E-state index in [-0.39, 0.29) is 24.4 Å². The molecule has 0 radical (unpaired) electrons. The summed E-state index contributed by atoms with van der Waals surface area (Å²) in [5, 5.41) is 22.4. The van der Waals surface area contributed by atoms with Gasteiger partial charge in [0.2, 0.25) is 0 Å². The molecule has 0 aliphatic heterocycles. The standard InChI is InChI=1S/C17H21NO2/c1-13(15-8-5-9-17(20)11-15)18-16(12-19)10-14-6-3-2-4-7-14/h2-9,11,13,16,18-20H,10,12H2,1H3. The maximum Gasteiger partial charge on any atom is 0.115 e. The van der Waals surface area contributed by atoms with Gasteiger partial charge < -0.3 is 15.5 Å². The predicted molar refractivity (Wildman–Crippen MR) is 80.7 cm³/mol.